The fourth-order valence-corrected chi connectivity index (χ4v) is 0. The Kier molecular flexibility index (Phi) is 174. The molecule has 0 aromatic heterocycles. The smallest absolute Gasteiger partial charge is 0 e. The standard InChI is InChI=1S/HI.Li.H3P.H2S/h1H;;1H3;1H2. The zero-order valence-corrected chi connectivity index (χ0v) is 7.36. The quantitative estimate of drug-likeness (QED) is 0.304. The van der Waals surface area contributed by atoms with E-state index in [1.165, 1.54) is 0 Å². The first-order chi connectivity index (χ1) is 0. The van der Waals surface area contributed by atoms with Crippen molar-refractivity contribution < 1.29 is 0 Å². The van der Waals surface area contributed by atoms with E-state index in [2.05, 4.69) is 0 Å². The maximum Gasteiger partial charge on any atom is 0 e. The molecule has 0 N–H and O–H groups in total. The molecule has 0 aromatic carbocycles. The van der Waals surface area contributed by atoms with Crippen LogP contribution in [0.1, 0.15) is 0 Å². The predicted octanol–water partition coefficient (Wildman–Crippen LogP) is 0.408. The summed E-state index contributed by atoms with van der Waals surface area (Å²) in [5, 5.41) is 0. The molecule has 4 heavy (non-hydrogen) atoms. The zero-order chi connectivity index (χ0) is 0. The largest absolute Gasteiger partial charge is 0.197 e. The number of rotatable bonds is 0. The molecule has 0 bridgehead atoms. The maximum absolute atomic E-state index is 0. The first-order valence-electron chi connectivity index (χ1n) is 0. The molecule has 0 nitrogen and oxygen atoms in total. The van der Waals surface area contributed by atoms with Crippen molar-refractivity contribution in [1.82, 2.24) is 0 Å². The zero-order valence-electron chi connectivity index (χ0n) is 2.62. The topological polar surface area (TPSA) is 0 Å². The van der Waals surface area contributed by atoms with Crippen molar-refractivity contribution in [2.24, 2.45) is 0 Å². The van der Waals surface area contributed by atoms with Gasteiger partial charge in [0.05, 0.1) is 0 Å². The van der Waals surface area contributed by atoms with E-state index < -0.39 is 0 Å². The number of hydrogen-bond acceptors (Lipinski definition) is 0. The van der Waals surface area contributed by atoms with Gasteiger partial charge in [0, 0.05) is 18.9 Å². The Labute approximate surface area is 65.8 Å². The molecule has 0 aliphatic heterocycles. The van der Waals surface area contributed by atoms with E-state index in [-0.39, 0.29) is 66.2 Å². The van der Waals surface area contributed by atoms with Gasteiger partial charge in [0.15, 0.2) is 0 Å². The van der Waals surface area contributed by atoms with E-state index in [0.29, 0.717) is 0 Å². The van der Waals surface area contributed by atoms with Gasteiger partial charge in [-0.3, -0.25) is 0 Å². The first kappa shape index (κ1) is 35.9. The van der Waals surface area contributed by atoms with Gasteiger partial charge in [0.25, 0.3) is 0 Å². The Balaban J connectivity index is 0. The molecule has 0 aliphatic rings. The SMILES string of the molecule is I.P.S.[Li]. The monoisotopic (exact) mass is 203 g/mol. The second-order valence-corrected chi connectivity index (χ2v) is 0. The van der Waals surface area contributed by atoms with Crippen molar-refractivity contribution in [2.75, 3.05) is 0 Å². The number of halogens is 1. The van der Waals surface area contributed by atoms with Crippen LogP contribution in [0, 0.1) is 0 Å². The minimum absolute atomic E-state index is 0. The molecule has 25 valence electrons. The minimum Gasteiger partial charge on any atom is -0.197 e. The molecule has 0 spiro atoms. The van der Waals surface area contributed by atoms with Crippen molar-refractivity contribution in [1.29, 1.82) is 0 Å². The molecular formula is H6ILiPS. The fourth-order valence-electron chi connectivity index (χ4n) is 0. The van der Waals surface area contributed by atoms with Crippen LogP contribution in [0.4, 0.5) is 0 Å². The van der Waals surface area contributed by atoms with Crippen molar-refractivity contribution in [2.45, 2.75) is 0 Å². The van der Waals surface area contributed by atoms with Gasteiger partial charge in [-0.2, -0.15) is 23.4 Å². The van der Waals surface area contributed by atoms with Crippen LogP contribution >= 0.6 is 47.4 Å². The summed E-state index contributed by atoms with van der Waals surface area (Å²) in [5.41, 5.74) is 0. The fraction of sp³-hybridized carbons (Fsp3) is 0. The Morgan fingerprint density at radius 2 is 1.00 bits per heavy atom. The van der Waals surface area contributed by atoms with Crippen LogP contribution < -0.4 is 0 Å². The van der Waals surface area contributed by atoms with Gasteiger partial charge < -0.3 is 0 Å². The van der Waals surface area contributed by atoms with Crippen LogP contribution in [0.2, 0.25) is 0 Å². The van der Waals surface area contributed by atoms with E-state index in [1.807, 2.05) is 0 Å². The van der Waals surface area contributed by atoms with Crippen LogP contribution in [-0.2, 0) is 0 Å². The molecule has 1 unspecified atom stereocenters. The molecule has 0 saturated heterocycles. The van der Waals surface area contributed by atoms with Crippen LogP contribution in [0.15, 0.2) is 0 Å². The van der Waals surface area contributed by atoms with Crippen LogP contribution in [0.5, 0.6) is 0 Å². The minimum atomic E-state index is 0. The molecule has 0 saturated carbocycles. The van der Waals surface area contributed by atoms with Crippen molar-refractivity contribution >= 4 is 66.2 Å². The van der Waals surface area contributed by atoms with Crippen molar-refractivity contribution in [3.05, 3.63) is 0 Å². The normalized spacial score (nSPS) is 0. The summed E-state index contributed by atoms with van der Waals surface area (Å²) in [6.07, 6.45) is 0. The molecule has 0 aromatic rings. The molecule has 0 fully saturated rings. The summed E-state index contributed by atoms with van der Waals surface area (Å²) in [5.74, 6) is 0. The third-order valence-corrected chi connectivity index (χ3v) is 0. The van der Waals surface area contributed by atoms with Crippen LogP contribution in [-0.4, -0.2) is 18.9 Å². The van der Waals surface area contributed by atoms with Gasteiger partial charge in [-0.15, -0.1) is 24.0 Å². The van der Waals surface area contributed by atoms with E-state index in [1.54, 1.807) is 0 Å². The first-order valence-corrected chi connectivity index (χ1v) is 0. The Hall–Kier alpha value is 2.11. The van der Waals surface area contributed by atoms with Gasteiger partial charge in [0.2, 0.25) is 0 Å². The van der Waals surface area contributed by atoms with Gasteiger partial charge in [-0.05, 0) is 0 Å². The third kappa shape index (κ3) is 8.93. The second kappa shape index (κ2) is 19.4. The van der Waals surface area contributed by atoms with Gasteiger partial charge in [-0.25, -0.2) is 0 Å². The van der Waals surface area contributed by atoms with Gasteiger partial charge in [0.1, 0.15) is 0 Å². The molecular weight excluding hydrogens is 197 g/mol. The van der Waals surface area contributed by atoms with E-state index >= 15 is 0 Å². The van der Waals surface area contributed by atoms with Crippen LogP contribution in [0.3, 0.4) is 0 Å². The predicted molar refractivity (Wildman–Crippen MR) is 42.7 cm³/mol. The molecule has 0 heterocycles. The molecule has 0 amide bonds. The van der Waals surface area contributed by atoms with E-state index in [4.69, 9.17) is 0 Å². The van der Waals surface area contributed by atoms with E-state index in [9.17, 15) is 0 Å². The summed E-state index contributed by atoms with van der Waals surface area (Å²) in [6, 6.07) is 0. The van der Waals surface area contributed by atoms with Crippen molar-refractivity contribution in [3.63, 3.8) is 0 Å². The van der Waals surface area contributed by atoms with E-state index in [0.717, 1.165) is 0 Å². The Bertz CT molecular complexity index is 8.00. The van der Waals surface area contributed by atoms with Crippen molar-refractivity contribution in [3.8, 4) is 0 Å². The molecule has 0 rings (SSSR count). The molecule has 1 radical (unpaired) electrons. The summed E-state index contributed by atoms with van der Waals surface area (Å²) < 4.78 is 0. The summed E-state index contributed by atoms with van der Waals surface area (Å²) in [7, 11) is 0. The van der Waals surface area contributed by atoms with Gasteiger partial charge >= 0.3 is 0 Å². The molecule has 0 aliphatic carbocycles. The average Bonchev–Trinajstić information content (AvgIpc) is 0. The summed E-state index contributed by atoms with van der Waals surface area (Å²) in [4.78, 5) is 0. The summed E-state index contributed by atoms with van der Waals surface area (Å²) in [6.45, 7) is 0. The van der Waals surface area contributed by atoms with Gasteiger partial charge in [-0.1, -0.05) is 0 Å². The number of hydrogen-bond donors (Lipinski definition) is 0. The summed E-state index contributed by atoms with van der Waals surface area (Å²) >= 11 is 0. The maximum atomic E-state index is 0. The Morgan fingerprint density at radius 1 is 1.00 bits per heavy atom. The molecule has 4 heteroatoms. The average molecular weight is 203 g/mol. The Morgan fingerprint density at radius 3 is 1.00 bits per heavy atom. The van der Waals surface area contributed by atoms with Crippen LogP contribution in [0.25, 0.3) is 0 Å². The second-order valence-electron chi connectivity index (χ2n) is 0. The third-order valence-electron chi connectivity index (χ3n) is 0. The molecule has 1 atom stereocenters.